The SMILES string of the molecule is Cc1ccccc1C(O)(c1ccccc1)C1CCCCCCC1. The predicted molar refractivity (Wildman–Crippen MR) is 96.4 cm³/mol. The third-order valence-electron chi connectivity index (χ3n) is 5.47. The number of hydrogen-bond donors (Lipinski definition) is 1. The molecule has 1 fully saturated rings. The third-order valence-corrected chi connectivity index (χ3v) is 5.47. The lowest BCUT2D eigenvalue weighted by Gasteiger charge is -2.39. The Kier molecular flexibility index (Phi) is 5.17. The minimum Gasteiger partial charge on any atom is -0.380 e. The van der Waals surface area contributed by atoms with E-state index in [2.05, 4.69) is 43.3 Å². The second-order valence-electron chi connectivity index (χ2n) is 6.99. The van der Waals surface area contributed by atoms with Gasteiger partial charge in [0.05, 0.1) is 0 Å². The van der Waals surface area contributed by atoms with Crippen LogP contribution < -0.4 is 0 Å². The fourth-order valence-corrected chi connectivity index (χ4v) is 4.18. The van der Waals surface area contributed by atoms with Crippen LogP contribution in [-0.2, 0) is 5.60 Å². The Morgan fingerprint density at radius 1 is 0.783 bits per heavy atom. The Morgan fingerprint density at radius 3 is 2.00 bits per heavy atom. The van der Waals surface area contributed by atoms with E-state index >= 15 is 0 Å². The average Bonchev–Trinajstić information content (AvgIpc) is 2.55. The highest BCUT2D eigenvalue weighted by atomic mass is 16.3. The lowest BCUT2D eigenvalue weighted by molar-refractivity contribution is 0.00356. The number of rotatable bonds is 3. The maximum Gasteiger partial charge on any atom is 0.118 e. The van der Waals surface area contributed by atoms with E-state index < -0.39 is 5.60 Å². The van der Waals surface area contributed by atoms with E-state index in [1.165, 1.54) is 37.7 Å². The maximum absolute atomic E-state index is 12.0. The van der Waals surface area contributed by atoms with Gasteiger partial charge in [0.25, 0.3) is 0 Å². The summed E-state index contributed by atoms with van der Waals surface area (Å²) in [6.45, 7) is 2.12. The van der Waals surface area contributed by atoms with E-state index in [-0.39, 0.29) is 0 Å². The zero-order chi connectivity index (χ0) is 16.1. The summed E-state index contributed by atoms with van der Waals surface area (Å²) in [7, 11) is 0. The summed E-state index contributed by atoms with van der Waals surface area (Å²) in [6.07, 6.45) is 8.63. The Bertz CT molecular complexity index is 611. The minimum atomic E-state index is -0.871. The van der Waals surface area contributed by atoms with E-state index in [1.807, 2.05) is 18.2 Å². The second-order valence-corrected chi connectivity index (χ2v) is 6.99. The van der Waals surface area contributed by atoms with Gasteiger partial charge in [-0.05, 0) is 42.4 Å². The standard InChI is InChI=1S/C22H28O/c1-18-12-10-11-17-21(18)22(23,20-15-8-5-9-16-20)19-13-6-3-2-4-7-14-19/h5,8-12,15-17,19,23H,2-4,6-7,13-14H2,1H3. The predicted octanol–water partition coefficient (Wildman–Crippen LogP) is 5.59. The molecule has 0 amide bonds. The number of aryl methyl sites for hydroxylation is 1. The van der Waals surface area contributed by atoms with Crippen LogP contribution >= 0.6 is 0 Å². The molecule has 122 valence electrons. The molecular weight excluding hydrogens is 280 g/mol. The quantitative estimate of drug-likeness (QED) is 0.783. The van der Waals surface area contributed by atoms with Gasteiger partial charge in [-0.15, -0.1) is 0 Å². The fraction of sp³-hybridized carbons (Fsp3) is 0.455. The zero-order valence-corrected chi connectivity index (χ0v) is 14.2. The highest BCUT2D eigenvalue weighted by Crippen LogP contribution is 2.43. The average molecular weight is 308 g/mol. The molecule has 1 aliphatic rings. The molecule has 1 atom stereocenters. The molecule has 23 heavy (non-hydrogen) atoms. The van der Waals surface area contributed by atoms with Crippen LogP contribution in [0.1, 0.15) is 61.6 Å². The molecule has 0 radical (unpaired) electrons. The highest BCUT2D eigenvalue weighted by molar-refractivity contribution is 5.41. The summed E-state index contributed by atoms with van der Waals surface area (Å²) in [5.41, 5.74) is 2.43. The van der Waals surface area contributed by atoms with Gasteiger partial charge in [0.15, 0.2) is 0 Å². The van der Waals surface area contributed by atoms with Gasteiger partial charge in [-0.2, -0.15) is 0 Å². The second kappa shape index (κ2) is 7.31. The van der Waals surface area contributed by atoms with Crippen molar-refractivity contribution in [2.45, 2.75) is 57.5 Å². The summed E-state index contributed by atoms with van der Waals surface area (Å²) in [6, 6.07) is 18.6. The molecule has 2 aromatic carbocycles. The van der Waals surface area contributed by atoms with Crippen molar-refractivity contribution in [1.82, 2.24) is 0 Å². The molecule has 1 unspecified atom stereocenters. The Morgan fingerprint density at radius 2 is 1.35 bits per heavy atom. The summed E-state index contributed by atoms with van der Waals surface area (Å²) in [5.74, 6) is 0.298. The molecule has 1 heteroatoms. The molecule has 2 aromatic rings. The van der Waals surface area contributed by atoms with Crippen LogP contribution in [0.4, 0.5) is 0 Å². The van der Waals surface area contributed by atoms with Crippen molar-refractivity contribution in [3.8, 4) is 0 Å². The van der Waals surface area contributed by atoms with Crippen LogP contribution in [0, 0.1) is 12.8 Å². The van der Waals surface area contributed by atoms with Gasteiger partial charge >= 0.3 is 0 Å². The zero-order valence-electron chi connectivity index (χ0n) is 14.2. The molecule has 0 saturated heterocycles. The molecule has 0 aliphatic heterocycles. The number of aliphatic hydroxyl groups is 1. The smallest absolute Gasteiger partial charge is 0.118 e. The van der Waals surface area contributed by atoms with Gasteiger partial charge in [0, 0.05) is 0 Å². The van der Waals surface area contributed by atoms with E-state index in [0.29, 0.717) is 5.92 Å². The molecule has 1 nitrogen and oxygen atoms in total. The third kappa shape index (κ3) is 3.35. The Balaban J connectivity index is 2.08. The van der Waals surface area contributed by atoms with Crippen molar-refractivity contribution >= 4 is 0 Å². The number of hydrogen-bond acceptors (Lipinski definition) is 1. The largest absolute Gasteiger partial charge is 0.380 e. The van der Waals surface area contributed by atoms with Crippen LogP contribution in [0.2, 0.25) is 0 Å². The van der Waals surface area contributed by atoms with Crippen molar-refractivity contribution in [3.05, 3.63) is 71.3 Å². The van der Waals surface area contributed by atoms with E-state index in [1.54, 1.807) is 0 Å². The molecular formula is C22H28O. The van der Waals surface area contributed by atoms with Crippen molar-refractivity contribution in [2.24, 2.45) is 5.92 Å². The van der Waals surface area contributed by atoms with Gasteiger partial charge in [-0.25, -0.2) is 0 Å². The molecule has 3 rings (SSSR count). The molecule has 1 N–H and O–H groups in total. The lowest BCUT2D eigenvalue weighted by atomic mass is 9.70. The number of benzene rings is 2. The van der Waals surface area contributed by atoms with Gasteiger partial charge in [-0.1, -0.05) is 86.7 Å². The monoisotopic (exact) mass is 308 g/mol. The lowest BCUT2D eigenvalue weighted by Crippen LogP contribution is -2.37. The summed E-state index contributed by atoms with van der Waals surface area (Å²) in [5, 5.41) is 12.0. The van der Waals surface area contributed by atoms with Gasteiger partial charge in [-0.3, -0.25) is 0 Å². The molecule has 0 spiro atoms. The van der Waals surface area contributed by atoms with Crippen molar-refractivity contribution in [3.63, 3.8) is 0 Å². The minimum absolute atomic E-state index is 0.298. The van der Waals surface area contributed by atoms with Gasteiger partial charge in [0.2, 0.25) is 0 Å². The van der Waals surface area contributed by atoms with Crippen LogP contribution in [0.3, 0.4) is 0 Å². The van der Waals surface area contributed by atoms with Gasteiger partial charge in [0.1, 0.15) is 5.60 Å². The van der Waals surface area contributed by atoms with Crippen LogP contribution in [-0.4, -0.2) is 5.11 Å². The van der Waals surface area contributed by atoms with Gasteiger partial charge < -0.3 is 5.11 Å². The molecule has 0 aromatic heterocycles. The normalized spacial score (nSPS) is 19.6. The molecule has 0 bridgehead atoms. The summed E-state index contributed by atoms with van der Waals surface area (Å²) < 4.78 is 0. The van der Waals surface area contributed by atoms with Crippen LogP contribution in [0.15, 0.2) is 54.6 Å². The Hall–Kier alpha value is -1.60. The fourth-order valence-electron chi connectivity index (χ4n) is 4.18. The Labute approximate surface area is 140 Å². The molecule has 1 saturated carbocycles. The van der Waals surface area contributed by atoms with E-state index in [0.717, 1.165) is 24.0 Å². The first kappa shape index (κ1) is 16.3. The summed E-state index contributed by atoms with van der Waals surface area (Å²) >= 11 is 0. The molecule has 0 heterocycles. The van der Waals surface area contributed by atoms with Crippen molar-refractivity contribution < 1.29 is 5.11 Å². The maximum atomic E-state index is 12.0. The van der Waals surface area contributed by atoms with Crippen LogP contribution in [0.25, 0.3) is 0 Å². The molecule has 1 aliphatic carbocycles. The van der Waals surface area contributed by atoms with Crippen LogP contribution in [0.5, 0.6) is 0 Å². The van der Waals surface area contributed by atoms with Crippen molar-refractivity contribution in [2.75, 3.05) is 0 Å². The first-order valence-corrected chi connectivity index (χ1v) is 9.07. The van der Waals surface area contributed by atoms with E-state index in [4.69, 9.17) is 0 Å². The summed E-state index contributed by atoms with van der Waals surface area (Å²) in [4.78, 5) is 0. The highest BCUT2D eigenvalue weighted by Gasteiger charge is 2.40. The first-order valence-electron chi connectivity index (χ1n) is 9.07. The van der Waals surface area contributed by atoms with E-state index in [9.17, 15) is 5.11 Å². The first-order chi connectivity index (χ1) is 11.2. The topological polar surface area (TPSA) is 20.2 Å². The van der Waals surface area contributed by atoms with Crippen molar-refractivity contribution in [1.29, 1.82) is 0 Å².